The Labute approximate surface area is 182 Å². The van der Waals surface area contributed by atoms with Crippen molar-refractivity contribution in [3.05, 3.63) is 60.3 Å². The molecule has 3 aromatic rings. The summed E-state index contributed by atoms with van der Waals surface area (Å²) in [6, 6.07) is 2.11. The highest BCUT2D eigenvalue weighted by Crippen LogP contribution is 2.31. The third kappa shape index (κ3) is 3.66. The fraction of sp³-hybridized carbons (Fsp3) is 0.286. The number of urea groups is 1. The van der Waals surface area contributed by atoms with E-state index in [0.29, 0.717) is 23.5 Å². The number of aryl methyl sites for hydroxylation is 1. The largest absolute Gasteiger partial charge is 0.483 e. The molecule has 5 heterocycles. The topological polar surface area (TPSA) is 88.7 Å². The number of aromatic nitrogens is 4. The maximum Gasteiger partial charge on any atom is 0.341 e. The summed E-state index contributed by atoms with van der Waals surface area (Å²) in [5.41, 5.74) is 1.06. The Hall–Kier alpha value is -3.89. The Balaban J connectivity index is 1.23. The molecule has 1 atom stereocenters. The van der Waals surface area contributed by atoms with Gasteiger partial charge in [-0.05, 0) is 11.6 Å². The fourth-order valence-electron chi connectivity index (χ4n) is 3.72. The highest BCUT2D eigenvalue weighted by Gasteiger charge is 2.39. The summed E-state index contributed by atoms with van der Waals surface area (Å²) in [7, 11) is 1.82. The molecule has 0 aromatic carbocycles. The molecule has 0 bridgehead atoms. The predicted molar refractivity (Wildman–Crippen MR) is 110 cm³/mol. The van der Waals surface area contributed by atoms with Crippen molar-refractivity contribution in [2.75, 3.05) is 13.1 Å². The smallest absolute Gasteiger partial charge is 0.341 e. The number of imidazole rings is 1. The Bertz CT molecular complexity index is 1190. The molecule has 3 aromatic heterocycles. The summed E-state index contributed by atoms with van der Waals surface area (Å²) >= 11 is 0. The zero-order valence-corrected chi connectivity index (χ0v) is 17.1. The molecule has 32 heavy (non-hydrogen) atoms. The van der Waals surface area contributed by atoms with E-state index in [1.54, 1.807) is 28.1 Å². The lowest BCUT2D eigenvalue weighted by atomic mass is 10.1. The van der Waals surface area contributed by atoms with Crippen molar-refractivity contribution < 1.29 is 18.3 Å². The molecule has 0 N–H and O–H groups in total. The lowest BCUT2D eigenvalue weighted by Gasteiger charge is -2.41. The molecule has 2 aliphatic rings. The number of pyridine rings is 2. The fourth-order valence-corrected chi connectivity index (χ4v) is 3.72. The van der Waals surface area contributed by atoms with E-state index in [0.717, 1.165) is 12.4 Å². The van der Waals surface area contributed by atoms with Crippen LogP contribution in [0.15, 0.2) is 48.2 Å². The van der Waals surface area contributed by atoms with Crippen LogP contribution in [-0.4, -0.2) is 60.9 Å². The quantitative estimate of drug-likeness (QED) is 0.624. The van der Waals surface area contributed by atoms with Crippen LogP contribution >= 0.6 is 0 Å². The van der Waals surface area contributed by atoms with Crippen molar-refractivity contribution in [1.29, 1.82) is 0 Å². The van der Waals surface area contributed by atoms with Crippen molar-refractivity contribution in [2.45, 2.75) is 18.6 Å². The van der Waals surface area contributed by atoms with Crippen LogP contribution in [0, 0.1) is 11.6 Å². The van der Waals surface area contributed by atoms with E-state index in [9.17, 15) is 13.6 Å². The van der Waals surface area contributed by atoms with Gasteiger partial charge in [0.25, 0.3) is 0 Å². The number of nitrogens with zero attached hydrogens (tertiary/aromatic N) is 7. The number of hydrazone groups is 1. The van der Waals surface area contributed by atoms with Gasteiger partial charge in [0.1, 0.15) is 17.6 Å². The van der Waals surface area contributed by atoms with Gasteiger partial charge in [-0.15, -0.1) is 0 Å². The van der Waals surface area contributed by atoms with Gasteiger partial charge in [-0.3, -0.25) is 4.98 Å². The van der Waals surface area contributed by atoms with Crippen molar-refractivity contribution in [2.24, 2.45) is 12.1 Å². The van der Waals surface area contributed by atoms with Gasteiger partial charge in [-0.25, -0.2) is 28.6 Å². The summed E-state index contributed by atoms with van der Waals surface area (Å²) in [6.45, 7) is 0.553. The lowest BCUT2D eigenvalue weighted by Crippen LogP contribution is -2.58. The first kappa shape index (κ1) is 20.0. The summed E-state index contributed by atoms with van der Waals surface area (Å²) in [5.74, 6) is -0.415. The van der Waals surface area contributed by atoms with Crippen LogP contribution in [0.2, 0.25) is 0 Å². The minimum absolute atomic E-state index is 0.0537. The number of amides is 2. The van der Waals surface area contributed by atoms with Crippen molar-refractivity contribution in [3.63, 3.8) is 0 Å². The third-order valence-electron chi connectivity index (χ3n) is 5.42. The maximum atomic E-state index is 14.2. The minimum atomic E-state index is -0.587. The highest BCUT2D eigenvalue weighted by molar-refractivity contribution is 5.79. The van der Waals surface area contributed by atoms with Crippen LogP contribution in [0.1, 0.15) is 18.0 Å². The Morgan fingerprint density at radius 2 is 2.00 bits per heavy atom. The van der Waals surface area contributed by atoms with Crippen molar-refractivity contribution in [3.8, 4) is 17.3 Å². The molecule has 164 valence electrons. The van der Waals surface area contributed by atoms with Crippen molar-refractivity contribution >= 4 is 12.2 Å². The van der Waals surface area contributed by atoms with Gasteiger partial charge in [-0.2, -0.15) is 5.10 Å². The van der Waals surface area contributed by atoms with E-state index >= 15 is 0 Å². The number of rotatable bonds is 4. The number of hydrogen-bond acceptors (Lipinski definition) is 6. The summed E-state index contributed by atoms with van der Waals surface area (Å²) in [6.07, 6.45) is 8.85. The molecule has 1 saturated heterocycles. The van der Waals surface area contributed by atoms with Crippen LogP contribution in [-0.2, 0) is 7.05 Å². The zero-order chi connectivity index (χ0) is 22.2. The van der Waals surface area contributed by atoms with Crippen molar-refractivity contribution in [1.82, 2.24) is 29.4 Å². The molecule has 2 amide bonds. The SMILES string of the molecule is Cn1ccnc1-c1cc(OC2CN(C(=O)N3N=CC[C@H]3c3cncc(F)c3)C2)c(F)cn1. The first-order chi connectivity index (χ1) is 15.5. The maximum absolute atomic E-state index is 14.2. The summed E-state index contributed by atoms with van der Waals surface area (Å²) in [5, 5.41) is 5.46. The van der Waals surface area contributed by atoms with Crippen LogP contribution in [0.5, 0.6) is 5.75 Å². The monoisotopic (exact) mass is 439 g/mol. The molecule has 0 unspecified atom stereocenters. The minimum Gasteiger partial charge on any atom is -0.483 e. The molecular formula is C21H19F2N7O2. The third-order valence-corrected chi connectivity index (χ3v) is 5.42. The van der Waals surface area contributed by atoms with E-state index < -0.39 is 17.7 Å². The number of ether oxygens (including phenoxy) is 1. The van der Waals surface area contributed by atoms with Gasteiger partial charge >= 0.3 is 6.03 Å². The second-order valence-corrected chi connectivity index (χ2v) is 7.62. The zero-order valence-electron chi connectivity index (χ0n) is 17.1. The second-order valence-electron chi connectivity index (χ2n) is 7.62. The number of halogens is 2. The molecule has 11 heteroatoms. The normalized spacial score (nSPS) is 18.2. The standard InChI is InChI=1S/C21H19F2N7O2/c1-28-5-4-25-20(28)17-7-19(16(23)10-26-17)32-15-11-29(12-15)21(31)30-18(2-3-27-30)13-6-14(22)9-24-8-13/h3-10,15,18H,2,11-12H2,1H3/t18-/m0/s1. The number of likely N-dealkylation sites (tertiary alicyclic amines) is 1. The summed E-state index contributed by atoms with van der Waals surface area (Å²) in [4.78, 5) is 26.6. The molecule has 2 aliphatic heterocycles. The molecule has 0 aliphatic carbocycles. The van der Waals surface area contributed by atoms with Gasteiger partial charge < -0.3 is 14.2 Å². The number of carbonyl (C=O) groups excluding carboxylic acids is 1. The van der Waals surface area contributed by atoms with Crippen LogP contribution in [0.3, 0.4) is 0 Å². The molecule has 9 nitrogen and oxygen atoms in total. The van der Waals surface area contributed by atoms with Crippen LogP contribution in [0.4, 0.5) is 13.6 Å². The molecule has 5 rings (SSSR count). The molecule has 0 saturated carbocycles. The average Bonchev–Trinajstić information content (AvgIpc) is 3.40. The van der Waals surface area contributed by atoms with Gasteiger partial charge in [0, 0.05) is 44.3 Å². The van der Waals surface area contributed by atoms with Gasteiger partial charge in [0.05, 0.1) is 31.5 Å². The van der Waals surface area contributed by atoms with Gasteiger partial charge in [0.2, 0.25) is 0 Å². The number of carbonyl (C=O) groups is 1. The van der Waals surface area contributed by atoms with E-state index in [-0.39, 0.29) is 31.0 Å². The summed E-state index contributed by atoms with van der Waals surface area (Å²) < 4.78 is 35.3. The Morgan fingerprint density at radius 1 is 1.16 bits per heavy atom. The van der Waals surface area contributed by atoms with E-state index in [1.165, 1.54) is 23.3 Å². The van der Waals surface area contributed by atoms with E-state index in [4.69, 9.17) is 4.74 Å². The van der Waals surface area contributed by atoms with E-state index in [1.807, 2.05) is 7.05 Å². The van der Waals surface area contributed by atoms with Gasteiger partial charge in [-0.1, -0.05) is 0 Å². The highest BCUT2D eigenvalue weighted by atomic mass is 19.1. The molecule has 1 fully saturated rings. The second kappa shape index (κ2) is 7.98. The van der Waals surface area contributed by atoms with Crippen LogP contribution in [0.25, 0.3) is 11.5 Å². The number of hydrogen-bond donors (Lipinski definition) is 0. The van der Waals surface area contributed by atoms with E-state index in [2.05, 4.69) is 20.1 Å². The van der Waals surface area contributed by atoms with Crippen LogP contribution < -0.4 is 4.74 Å². The first-order valence-corrected chi connectivity index (χ1v) is 10.0. The predicted octanol–water partition coefficient (Wildman–Crippen LogP) is 2.77. The molecule has 0 spiro atoms. The first-order valence-electron chi connectivity index (χ1n) is 10.0. The molecule has 0 radical (unpaired) electrons. The van der Waals surface area contributed by atoms with Gasteiger partial charge in [0.15, 0.2) is 17.4 Å². The average molecular weight is 439 g/mol. The Kier molecular flexibility index (Phi) is 5.00. The Morgan fingerprint density at radius 3 is 2.75 bits per heavy atom. The molecular weight excluding hydrogens is 420 g/mol. The lowest BCUT2D eigenvalue weighted by molar-refractivity contribution is 0.0256.